The van der Waals surface area contributed by atoms with E-state index in [2.05, 4.69) is 25.6 Å². The van der Waals surface area contributed by atoms with Gasteiger partial charge in [-0.25, -0.2) is 0 Å². The quantitative estimate of drug-likeness (QED) is 0.585. The molecule has 0 aliphatic heterocycles. The lowest BCUT2D eigenvalue weighted by atomic mass is 10.5. The molecule has 0 saturated carbocycles. The minimum absolute atomic E-state index is 0.767. The zero-order valence-electron chi connectivity index (χ0n) is 3.60. The van der Waals surface area contributed by atoms with Crippen LogP contribution < -0.4 is 0 Å². The van der Waals surface area contributed by atoms with Gasteiger partial charge in [-0.3, -0.25) is 0 Å². The number of nitrogens with zero attached hydrogens (tertiary/aromatic N) is 1. The van der Waals surface area contributed by atoms with Gasteiger partial charge in [0.1, 0.15) is 6.26 Å². The normalized spacial score (nSPS) is 9.29. The van der Waals surface area contributed by atoms with Gasteiger partial charge in [0.15, 0.2) is 0 Å². The van der Waals surface area contributed by atoms with E-state index in [9.17, 15) is 0 Å². The van der Waals surface area contributed by atoms with Crippen molar-refractivity contribution in [1.82, 2.24) is 5.16 Å². The molecule has 0 N–H and O–H groups in total. The molecule has 0 fully saturated rings. The van der Waals surface area contributed by atoms with Crippen molar-refractivity contribution < 1.29 is 4.52 Å². The van der Waals surface area contributed by atoms with Crippen LogP contribution in [-0.2, 0) is 5.33 Å². The second-order valence-corrected chi connectivity index (χ2v) is 1.69. The molecule has 0 atom stereocenters. The van der Waals surface area contributed by atoms with E-state index in [1.165, 1.54) is 0 Å². The molecule has 1 aromatic rings. The zero-order valence-corrected chi connectivity index (χ0v) is 5.18. The van der Waals surface area contributed by atoms with Crippen LogP contribution in [0.15, 0.2) is 16.9 Å². The summed E-state index contributed by atoms with van der Waals surface area (Å²) in [6, 6.07) is 1.81. The molecule has 0 radical (unpaired) electrons. The second-order valence-electron chi connectivity index (χ2n) is 1.12. The minimum Gasteiger partial charge on any atom is -0.364 e. The second kappa shape index (κ2) is 2.12. The van der Waals surface area contributed by atoms with Gasteiger partial charge in [-0.15, -0.1) is 0 Å². The maximum atomic E-state index is 4.53. The van der Waals surface area contributed by atoms with Crippen LogP contribution >= 0.6 is 15.9 Å². The van der Waals surface area contributed by atoms with Gasteiger partial charge in [-0.2, -0.15) is 0 Å². The molecular weight excluding hydrogens is 158 g/mol. The smallest absolute Gasteiger partial charge is 0.124 e. The zero-order chi connectivity index (χ0) is 5.11. The third-order valence-corrected chi connectivity index (χ3v) is 1.20. The summed E-state index contributed by atoms with van der Waals surface area (Å²) < 4.78 is 4.53. The SMILES string of the molecule is BrCc1ccon1. The van der Waals surface area contributed by atoms with Crippen LogP contribution in [0.1, 0.15) is 5.69 Å². The van der Waals surface area contributed by atoms with Gasteiger partial charge in [-0.05, 0) is 0 Å². The lowest BCUT2D eigenvalue weighted by molar-refractivity contribution is 0.414. The molecule has 0 bridgehead atoms. The van der Waals surface area contributed by atoms with Gasteiger partial charge in [0.2, 0.25) is 0 Å². The molecule has 0 aromatic carbocycles. The standard InChI is InChI=1S/C4H4BrNO/c5-3-4-1-2-7-6-4/h1-2H,3H2. The van der Waals surface area contributed by atoms with Crippen molar-refractivity contribution in [3.8, 4) is 0 Å². The number of rotatable bonds is 1. The summed E-state index contributed by atoms with van der Waals surface area (Å²) in [5.41, 5.74) is 0.931. The Labute approximate surface area is 49.6 Å². The number of hydrogen-bond acceptors (Lipinski definition) is 2. The van der Waals surface area contributed by atoms with E-state index in [0.717, 1.165) is 11.0 Å². The van der Waals surface area contributed by atoms with Gasteiger partial charge in [0.05, 0.1) is 5.69 Å². The molecular formula is C4H4BrNO. The Morgan fingerprint density at radius 1 is 1.86 bits per heavy atom. The molecule has 0 saturated heterocycles. The number of halogens is 1. The highest BCUT2D eigenvalue weighted by Crippen LogP contribution is 1.98. The predicted molar refractivity (Wildman–Crippen MR) is 29.1 cm³/mol. The van der Waals surface area contributed by atoms with Crippen LogP contribution in [0.25, 0.3) is 0 Å². The summed E-state index contributed by atoms with van der Waals surface area (Å²) in [5, 5.41) is 4.38. The topological polar surface area (TPSA) is 26.0 Å². The summed E-state index contributed by atoms with van der Waals surface area (Å²) in [5.74, 6) is 0. The molecule has 1 rings (SSSR count). The van der Waals surface area contributed by atoms with Gasteiger partial charge < -0.3 is 4.52 Å². The first kappa shape index (κ1) is 4.84. The molecule has 1 aromatic heterocycles. The first-order valence-corrected chi connectivity index (χ1v) is 3.01. The summed E-state index contributed by atoms with van der Waals surface area (Å²) in [6.45, 7) is 0. The molecule has 0 amide bonds. The number of alkyl halides is 1. The molecule has 0 aliphatic carbocycles. The van der Waals surface area contributed by atoms with Crippen LogP contribution in [0.2, 0.25) is 0 Å². The highest BCUT2D eigenvalue weighted by Gasteiger charge is 1.87. The Morgan fingerprint density at radius 3 is 3.00 bits per heavy atom. The lowest BCUT2D eigenvalue weighted by Crippen LogP contribution is -1.69. The summed E-state index contributed by atoms with van der Waals surface area (Å²) in [6.07, 6.45) is 1.55. The van der Waals surface area contributed by atoms with E-state index >= 15 is 0 Å². The van der Waals surface area contributed by atoms with Gasteiger partial charge in [0, 0.05) is 11.4 Å². The van der Waals surface area contributed by atoms with E-state index < -0.39 is 0 Å². The average Bonchev–Trinajstić information content (AvgIpc) is 2.14. The Morgan fingerprint density at radius 2 is 2.71 bits per heavy atom. The summed E-state index contributed by atoms with van der Waals surface area (Å²) in [7, 11) is 0. The van der Waals surface area contributed by atoms with E-state index in [4.69, 9.17) is 0 Å². The number of aromatic nitrogens is 1. The fourth-order valence-electron chi connectivity index (χ4n) is 0.306. The molecule has 3 heteroatoms. The molecule has 1 heterocycles. The van der Waals surface area contributed by atoms with Crippen LogP contribution in [-0.4, -0.2) is 5.16 Å². The largest absolute Gasteiger partial charge is 0.364 e. The van der Waals surface area contributed by atoms with Crippen LogP contribution in [0.3, 0.4) is 0 Å². The minimum atomic E-state index is 0.767. The van der Waals surface area contributed by atoms with Crippen molar-refractivity contribution in [3.05, 3.63) is 18.0 Å². The van der Waals surface area contributed by atoms with Crippen LogP contribution in [0.4, 0.5) is 0 Å². The molecule has 0 spiro atoms. The Hall–Kier alpha value is -0.310. The maximum absolute atomic E-state index is 4.53. The monoisotopic (exact) mass is 161 g/mol. The van der Waals surface area contributed by atoms with Crippen molar-refractivity contribution in [1.29, 1.82) is 0 Å². The van der Waals surface area contributed by atoms with Crippen molar-refractivity contribution in [3.63, 3.8) is 0 Å². The Balaban J connectivity index is 2.76. The van der Waals surface area contributed by atoms with E-state index in [-0.39, 0.29) is 0 Å². The highest BCUT2D eigenvalue weighted by atomic mass is 79.9. The molecule has 0 unspecified atom stereocenters. The predicted octanol–water partition coefficient (Wildman–Crippen LogP) is 1.57. The van der Waals surface area contributed by atoms with Gasteiger partial charge in [0.25, 0.3) is 0 Å². The highest BCUT2D eigenvalue weighted by molar-refractivity contribution is 9.08. The molecule has 7 heavy (non-hydrogen) atoms. The fraction of sp³-hybridized carbons (Fsp3) is 0.250. The van der Waals surface area contributed by atoms with Gasteiger partial charge >= 0.3 is 0 Å². The van der Waals surface area contributed by atoms with E-state index in [1.807, 2.05) is 6.07 Å². The first-order valence-electron chi connectivity index (χ1n) is 1.88. The summed E-state index contributed by atoms with van der Waals surface area (Å²) >= 11 is 3.21. The average molecular weight is 162 g/mol. The molecule has 2 nitrogen and oxygen atoms in total. The lowest BCUT2D eigenvalue weighted by Gasteiger charge is -1.73. The summed E-state index contributed by atoms with van der Waals surface area (Å²) in [4.78, 5) is 0. The maximum Gasteiger partial charge on any atom is 0.124 e. The van der Waals surface area contributed by atoms with Crippen molar-refractivity contribution in [2.24, 2.45) is 0 Å². The van der Waals surface area contributed by atoms with Crippen molar-refractivity contribution >= 4 is 15.9 Å². The van der Waals surface area contributed by atoms with Crippen molar-refractivity contribution in [2.45, 2.75) is 5.33 Å². The van der Waals surface area contributed by atoms with Crippen molar-refractivity contribution in [2.75, 3.05) is 0 Å². The Bertz CT molecular complexity index is 126. The third-order valence-electron chi connectivity index (χ3n) is 0.628. The van der Waals surface area contributed by atoms with Crippen LogP contribution in [0, 0.1) is 0 Å². The van der Waals surface area contributed by atoms with Gasteiger partial charge in [-0.1, -0.05) is 21.1 Å². The first-order chi connectivity index (χ1) is 3.43. The van der Waals surface area contributed by atoms with E-state index in [0.29, 0.717) is 0 Å². The fourth-order valence-corrected chi connectivity index (χ4v) is 0.596. The molecule has 0 aliphatic rings. The van der Waals surface area contributed by atoms with E-state index in [1.54, 1.807) is 6.26 Å². The van der Waals surface area contributed by atoms with Crippen LogP contribution in [0.5, 0.6) is 0 Å². The Kier molecular flexibility index (Phi) is 1.46. The molecule has 38 valence electrons. The third kappa shape index (κ3) is 1.03. The number of hydrogen-bond donors (Lipinski definition) is 0.